The molecule has 0 atom stereocenters. The first-order valence-corrected chi connectivity index (χ1v) is 6.04. The second kappa shape index (κ2) is 5.04. The van der Waals surface area contributed by atoms with Crippen molar-refractivity contribution in [3.8, 4) is 11.3 Å². The van der Waals surface area contributed by atoms with Crippen molar-refractivity contribution in [2.75, 3.05) is 18.0 Å². The summed E-state index contributed by atoms with van der Waals surface area (Å²) in [4.78, 5) is 6.67. The van der Waals surface area contributed by atoms with Crippen molar-refractivity contribution in [1.29, 1.82) is 0 Å². The zero-order valence-corrected chi connectivity index (χ0v) is 10.6. The lowest BCUT2D eigenvalue weighted by Crippen LogP contribution is -2.21. The Morgan fingerprint density at radius 3 is 2.35 bits per heavy atom. The van der Waals surface area contributed by atoms with Gasteiger partial charge in [0.05, 0.1) is 0 Å². The third-order valence-corrected chi connectivity index (χ3v) is 2.81. The van der Waals surface area contributed by atoms with Gasteiger partial charge in [-0.05, 0) is 13.8 Å². The molecular weight excluding hydrogens is 212 g/mol. The molecule has 0 aliphatic carbocycles. The second-order valence-electron chi connectivity index (χ2n) is 3.92. The molecule has 90 valence electrons. The molecule has 1 aromatic heterocycles. The molecule has 0 radical (unpaired) electrons. The van der Waals surface area contributed by atoms with E-state index in [1.807, 2.05) is 25.1 Å². The standard InChI is InChI=1S/C14H18N2O/c1-4-16(5-2)14-13(15-11(3)17-14)12-9-7-6-8-10-12/h6-10H,4-5H2,1-3H3. The summed E-state index contributed by atoms with van der Waals surface area (Å²) in [5.74, 6) is 1.59. The van der Waals surface area contributed by atoms with Gasteiger partial charge in [0.15, 0.2) is 5.89 Å². The van der Waals surface area contributed by atoms with Crippen LogP contribution in [0, 0.1) is 6.92 Å². The third-order valence-electron chi connectivity index (χ3n) is 2.81. The molecular formula is C14H18N2O. The lowest BCUT2D eigenvalue weighted by atomic mass is 10.1. The molecule has 0 saturated carbocycles. The highest BCUT2D eigenvalue weighted by atomic mass is 16.4. The first kappa shape index (κ1) is 11.7. The Morgan fingerprint density at radius 1 is 1.12 bits per heavy atom. The van der Waals surface area contributed by atoms with Crippen molar-refractivity contribution in [1.82, 2.24) is 4.98 Å². The summed E-state index contributed by atoms with van der Waals surface area (Å²) in [6.07, 6.45) is 0. The van der Waals surface area contributed by atoms with Crippen LogP contribution in [-0.4, -0.2) is 18.1 Å². The van der Waals surface area contributed by atoms with Gasteiger partial charge in [-0.3, -0.25) is 0 Å². The number of hydrogen-bond acceptors (Lipinski definition) is 3. The van der Waals surface area contributed by atoms with Gasteiger partial charge in [-0.25, -0.2) is 4.98 Å². The van der Waals surface area contributed by atoms with E-state index in [0.717, 1.165) is 30.2 Å². The molecule has 2 rings (SSSR count). The van der Waals surface area contributed by atoms with E-state index in [0.29, 0.717) is 5.89 Å². The van der Waals surface area contributed by atoms with Crippen LogP contribution in [0.3, 0.4) is 0 Å². The molecule has 0 fully saturated rings. The van der Waals surface area contributed by atoms with Crippen molar-refractivity contribution in [3.63, 3.8) is 0 Å². The summed E-state index contributed by atoms with van der Waals surface area (Å²) < 4.78 is 5.73. The molecule has 0 saturated heterocycles. The van der Waals surface area contributed by atoms with Gasteiger partial charge in [-0.1, -0.05) is 30.3 Å². The molecule has 3 heteroatoms. The summed E-state index contributed by atoms with van der Waals surface area (Å²) in [5.41, 5.74) is 2.04. The Morgan fingerprint density at radius 2 is 1.76 bits per heavy atom. The Balaban J connectivity index is 2.47. The highest BCUT2D eigenvalue weighted by Gasteiger charge is 2.17. The van der Waals surface area contributed by atoms with Crippen LogP contribution in [0.25, 0.3) is 11.3 Å². The Bertz CT molecular complexity index is 472. The number of aryl methyl sites for hydroxylation is 1. The maximum absolute atomic E-state index is 5.73. The Labute approximate surface area is 102 Å². The average Bonchev–Trinajstić information content (AvgIpc) is 2.74. The van der Waals surface area contributed by atoms with Crippen LogP contribution < -0.4 is 4.90 Å². The van der Waals surface area contributed by atoms with Gasteiger partial charge in [0.1, 0.15) is 5.69 Å². The summed E-state index contributed by atoms with van der Waals surface area (Å²) in [7, 11) is 0. The van der Waals surface area contributed by atoms with Gasteiger partial charge >= 0.3 is 0 Å². The summed E-state index contributed by atoms with van der Waals surface area (Å²) in [6, 6.07) is 10.2. The molecule has 1 aromatic carbocycles. The van der Waals surface area contributed by atoms with Crippen LogP contribution in [0.2, 0.25) is 0 Å². The number of aromatic nitrogens is 1. The number of rotatable bonds is 4. The number of hydrogen-bond donors (Lipinski definition) is 0. The topological polar surface area (TPSA) is 29.3 Å². The van der Waals surface area contributed by atoms with E-state index in [4.69, 9.17) is 4.42 Å². The molecule has 0 N–H and O–H groups in total. The Kier molecular flexibility index (Phi) is 3.47. The van der Waals surface area contributed by atoms with E-state index < -0.39 is 0 Å². The minimum atomic E-state index is 0.714. The van der Waals surface area contributed by atoms with Gasteiger partial charge in [0.2, 0.25) is 5.88 Å². The van der Waals surface area contributed by atoms with Crippen LogP contribution in [0.15, 0.2) is 34.7 Å². The smallest absolute Gasteiger partial charge is 0.224 e. The monoisotopic (exact) mass is 230 g/mol. The molecule has 17 heavy (non-hydrogen) atoms. The molecule has 0 spiro atoms. The fourth-order valence-electron chi connectivity index (χ4n) is 1.93. The number of oxazole rings is 1. The van der Waals surface area contributed by atoms with E-state index in [1.165, 1.54) is 0 Å². The van der Waals surface area contributed by atoms with Gasteiger partial charge < -0.3 is 9.32 Å². The van der Waals surface area contributed by atoms with Crippen molar-refractivity contribution in [2.45, 2.75) is 20.8 Å². The SMILES string of the molecule is CCN(CC)c1oc(C)nc1-c1ccccc1. The van der Waals surface area contributed by atoms with E-state index in [-0.39, 0.29) is 0 Å². The predicted octanol–water partition coefficient (Wildman–Crippen LogP) is 3.50. The largest absolute Gasteiger partial charge is 0.425 e. The number of anilines is 1. The maximum Gasteiger partial charge on any atom is 0.224 e. The van der Waals surface area contributed by atoms with Crippen LogP contribution in [-0.2, 0) is 0 Å². The molecule has 3 nitrogen and oxygen atoms in total. The van der Waals surface area contributed by atoms with Crippen molar-refractivity contribution in [3.05, 3.63) is 36.2 Å². The molecule has 0 aliphatic heterocycles. The number of benzene rings is 1. The van der Waals surface area contributed by atoms with Gasteiger partial charge in [-0.15, -0.1) is 0 Å². The van der Waals surface area contributed by atoms with Crippen molar-refractivity contribution < 1.29 is 4.42 Å². The normalized spacial score (nSPS) is 10.5. The molecule has 0 bridgehead atoms. The molecule has 2 aromatic rings. The van der Waals surface area contributed by atoms with E-state index in [1.54, 1.807) is 0 Å². The van der Waals surface area contributed by atoms with Gasteiger partial charge in [-0.2, -0.15) is 0 Å². The molecule has 1 heterocycles. The predicted molar refractivity (Wildman–Crippen MR) is 70.2 cm³/mol. The zero-order valence-electron chi connectivity index (χ0n) is 10.6. The van der Waals surface area contributed by atoms with Crippen molar-refractivity contribution in [2.24, 2.45) is 0 Å². The van der Waals surface area contributed by atoms with Crippen LogP contribution in [0.1, 0.15) is 19.7 Å². The van der Waals surface area contributed by atoms with Crippen LogP contribution >= 0.6 is 0 Å². The van der Waals surface area contributed by atoms with Crippen molar-refractivity contribution >= 4 is 5.88 Å². The zero-order chi connectivity index (χ0) is 12.3. The van der Waals surface area contributed by atoms with Gasteiger partial charge in [0.25, 0.3) is 0 Å². The quantitative estimate of drug-likeness (QED) is 0.805. The molecule has 0 unspecified atom stereocenters. The lowest BCUT2D eigenvalue weighted by Gasteiger charge is -2.18. The van der Waals surface area contributed by atoms with E-state index in [9.17, 15) is 0 Å². The van der Waals surface area contributed by atoms with E-state index in [2.05, 4.69) is 35.9 Å². The summed E-state index contributed by atoms with van der Waals surface area (Å²) in [5, 5.41) is 0. The fourth-order valence-corrected chi connectivity index (χ4v) is 1.93. The summed E-state index contributed by atoms with van der Waals surface area (Å²) in [6.45, 7) is 7.97. The highest BCUT2D eigenvalue weighted by molar-refractivity contribution is 5.71. The highest BCUT2D eigenvalue weighted by Crippen LogP contribution is 2.30. The first-order valence-electron chi connectivity index (χ1n) is 6.04. The van der Waals surface area contributed by atoms with Gasteiger partial charge in [0, 0.05) is 25.6 Å². The maximum atomic E-state index is 5.73. The molecule has 0 amide bonds. The Hall–Kier alpha value is -1.77. The van der Waals surface area contributed by atoms with Crippen LogP contribution in [0.4, 0.5) is 5.88 Å². The lowest BCUT2D eigenvalue weighted by molar-refractivity contribution is 0.511. The molecule has 0 aliphatic rings. The van der Waals surface area contributed by atoms with Crippen LogP contribution in [0.5, 0.6) is 0 Å². The fraction of sp³-hybridized carbons (Fsp3) is 0.357. The average molecular weight is 230 g/mol. The summed E-state index contributed by atoms with van der Waals surface area (Å²) >= 11 is 0. The third kappa shape index (κ3) is 2.33. The first-order chi connectivity index (χ1) is 8.26. The van der Waals surface area contributed by atoms with E-state index >= 15 is 0 Å². The minimum Gasteiger partial charge on any atom is -0.425 e. The second-order valence-corrected chi connectivity index (χ2v) is 3.92. The number of nitrogens with zero attached hydrogens (tertiary/aromatic N) is 2. The minimum absolute atomic E-state index is 0.714.